The van der Waals surface area contributed by atoms with Crippen molar-refractivity contribution in [2.75, 3.05) is 6.54 Å². The van der Waals surface area contributed by atoms with Gasteiger partial charge in [0.1, 0.15) is 5.75 Å². The molecule has 1 saturated heterocycles. The van der Waals surface area contributed by atoms with Gasteiger partial charge in [0, 0.05) is 17.2 Å². The molecule has 1 aliphatic rings. The van der Waals surface area contributed by atoms with Gasteiger partial charge < -0.3 is 10.1 Å². The summed E-state index contributed by atoms with van der Waals surface area (Å²) in [4.78, 5) is 11.8. The molecule has 0 radical (unpaired) electrons. The minimum atomic E-state index is -3.75. The van der Waals surface area contributed by atoms with Crippen LogP contribution in [0.2, 0.25) is 0 Å². The number of amides is 1. The lowest BCUT2D eigenvalue weighted by Gasteiger charge is -2.17. The van der Waals surface area contributed by atoms with Gasteiger partial charge in [-0.2, -0.15) is 0 Å². The first kappa shape index (κ1) is 15.1. The number of carbonyl (C=O) groups is 1. The van der Waals surface area contributed by atoms with Crippen molar-refractivity contribution in [3.8, 4) is 5.75 Å². The smallest absolute Gasteiger partial charge is 0.261 e. The second kappa shape index (κ2) is 6.01. The van der Waals surface area contributed by atoms with Crippen molar-refractivity contribution in [1.82, 2.24) is 5.32 Å². The number of rotatable bonds is 3. The Morgan fingerprint density at radius 2 is 2.10 bits per heavy atom. The maximum absolute atomic E-state index is 11.8. The summed E-state index contributed by atoms with van der Waals surface area (Å²) in [6, 6.07) is 4.34. The lowest BCUT2D eigenvalue weighted by atomic mass is 10.1. The van der Waals surface area contributed by atoms with Crippen LogP contribution in [0.25, 0.3) is 0 Å². The first-order valence-corrected chi connectivity index (χ1v) is 8.68. The zero-order valence-electron chi connectivity index (χ0n) is 11.1. The Balaban J connectivity index is 2.19. The van der Waals surface area contributed by atoms with Gasteiger partial charge in [-0.1, -0.05) is 0 Å². The average Bonchev–Trinajstić information content (AvgIpc) is 2.56. The lowest BCUT2D eigenvalue weighted by Crippen LogP contribution is -2.36. The summed E-state index contributed by atoms with van der Waals surface area (Å²) in [5.74, 6) is 0.368. The van der Waals surface area contributed by atoms with Crippen molar-refractivity contribution in [3.63, 3.8) is 0 Å². The van der Waals surface area contributed by atoms with Crippen LogP contribution in [-0.4, -0.2) is 27.0 Å². The maximum atomic E-state index is 11.8. The third-order valence-electron chi connectivity index (χ3n) is 3.18. The normalized spacial score (nSPS) is 20.1. The van der Waals surface area contributed by atoms with Gasteiger partial charge in [-0.15, -0.1) is 0 Å². The standard InChI is InChI=1S/C13H16ClNO4S/c1-9-8-10(20(14,17)18)5-6-11(9)19-12-4-2-3-7-15-13(12)16/h5-6,8,12H,2-4,7H2,1H3,(H,15,16). The minimum absolute atomic E-state index is 0.0225. The molecule has 0 saturated carbocycles. The van der Waals surface area contributed by atoms with Gasteiger partial charge in [0.2, 0.25) is 0 Å². The highest BCUT2D eigenvalue weighted by atomic mass is 35.7. The van der Waals surface area contributed by atoms with E-state index in [1.54, 1.807) is 6.92 Å². The first-order valence-electron chi connectivity index (χ1n) is 6.37. The van der Waals surface area contributed by atoms with Gasteiger partial charge in [-0.25, -0.2) is 8.42 Å². The molecular formula is C13H16ClNO4S. The molecule has 1 heterocycles. The molecule has 1 N–H and O–H groups in total. The van der Waals surface area contributed by atoms with Crippen molar-refractivity contribution >= 4 is 25.6 Å². The highest BCUT2D eigenvalue weighted by Crippen LogP contribution is 2.25. The Kier molecular flexibility index (Phi) is 4.55. The molecule has 1 unspecified atom stereocenters. The molecule has 0 bridgehead atoms. The fraction of sp³-hybridized carbons (Fsp3) is 0.462. The fourth-order valence-electron chi connectivity index (χ4n) is 2.08. The van der Waals surface area contributed by atoms with Gasteiger partial charge in [0.05, 0.1) is 4.90 Å². The van der Waals surface area contributed by atoms with E-state index in [0.29, 0.717) is 24.3 Å². The van der Waals surface area contributed by atoms with Crippen molar-refractivity contribution in [2.45, 2.75) is 37.2 Å². The molecule has 110 valence electrons. The molecule has 7 heteroatoms. The van der Waals surface area contributed by atoms with E-state index in [1.165, 1.54) is 18.2 Å². The lowest BCUT2D eigenvalue weighted by molar-refractivity contribution is -0.127. The predicted octanol–water partition coefficient (Wildman–Crippen LogP) is 1.97. The molecule has 1 atom stereocenters. The average molecular weight is 318 g/mol. The molecule has 2 rings (SSSR count). The Hall–Kier alpha value is -1.27. The van der Waals surface area contributed by atoms with E-state index in [4.69, 9.17) is 15.4 Å². The van der Waals surface area contributed by atoms with Crippen LogP contribution in [0.1, 0.15) is 24.8 Å². The third kappa shape index (κ3) is 3.64. The van der Waals surface area contributed by atoms with E-state index in [-0.39, 0.29) is 10.8 Å². The number of nitrogens with one attached hydrogen (secondary N) is 1. The number of hydrogen-bond acceptors (Lipinski definition) is 4. The number of carbonyl (C=O) groups excluding carboxylic acids is 1. The van der Waals surface area contributed by atoms with E-state index in [1.807, 2.05) is 0 Å². The second-order valence-corrected chi connectivity index (χ2v) is 7.32. The second-order valence-electron chi connectivity index (χ2n) is 4.76. The van der Waals surface area contributed by atoms with Gasteiger partial charge in [-0.05, 0) is 49.9 Å². The molecule has 5 nitrogen and oxygen atoms in total. The molecule has 0 spiro atoms. The summed E-state index contributed by atoms with van der Waals surface area (Å²) >= 11 is 0. The summed E-state index contributed by atoms with van der Waals surface area (Å²) in [7, 11) is 1.53. The van der Waals surface area contributed by atoms with Crippen LogP contribution in [0.4, 0.5) is 0 Å². The SMILES string of the molecule is Cc1cc(S(=O)(=O)Cl)ccc1OC1CCCCNC1=O. The van der Waals surface area contributed by atoms with Crippen molar-refractivity contribution < 1.29 is 17.9 Å². The van der Waals surface area contributed by atoms with Crippen molar-refractivity contribution in [1.29, 1.82) is 0 Å². The molecule has 0 aliphatic carbocycles. The highest BCUT2D eigenvalue weighted by Gasteiger charge is 2.23. The summed E-state index contributed by atoms with van der Waals surface area (Å²) in [5.41, 5.74) is 0.628. The monoisotopic (exact) mass is 317 g/mol. The predicted molar refractivity (Wildman–Crippen MR) is 75.5 cm³/mol. The maximum Gasteiger partial charge on any atom is 0.261 e. The quantitative estimate of drug-likeness (QED) is 0.865. The van der Waals surface area contributed by atoms with Crippen molar-refractivity contribution in [2.24, 2.45) is 0 Å². The Morgan fingerprint density at radius 1 is 1.35 bits per heavy atom. The summed E-state index contributed by atoms with van der Waals surface area (Å²) in [6.45, 7) is 2.39. The summed E-state index contributed by atoms with van der Waals surface area (Å²) in [6.07, 6.45) is 1.97. The van der Waals surface area contributed by atoms with Crippen LogP contribution < -0.4 is 10.1 Å². The molecule has 1 amide bonds. The molecule has 20 heavy (non-hydrogen) atoms. The van der Waals surface area contributed by atoms with E-state index in [9.17, 15) is 13.2 Å². The molecule has 1 aromatic rings. The van der Waals surface area contributed by atoms with E-state index in [0.717, 1.165) is 12.8 Å². The zero-order valence-corrected chi connectivity index (χ0v) is 12.6. The Morgan fingerprint density at radius 3 is 2.75 bits per heavy atom. The number of ether oxygens (including phenoxy) is 1. The highest BCUT2D eigenvalue weighted by molar-refractivity contribution is 8.13. The Bertz CT molecular complexity index is 615. The van der Waals surface area contributed by atoms with E-state index < -0.39 is 15.2 Å². The van der Waals surface area contributed by atoms with Gasteiger partial charge in [0.15, 0.2) is 6.10 Å². The van der Waals surface area contributed by atoms with Crippen LogP contribution in [0.3, 0.4) is 0 Å². The van der Waals surface area contributed by atoms with Crippen LogP contribution in [-0.2, 0) is 13.8 Å². The fourth-order valence-corrected chi connectivity index (χ4v) is 2.92. The number of hydrogen-bond donors (Lipinski definition) is 1. The Labute approximate surface area is 122 Å². The minimum Gasteiger partial charge on any atom is -0.480 e. The molecule has 0 aromatic heterocycles. The number of halogens is 1. The van der Waals surface area contributed by atoms with Crippen molar-refractivity contribution in [3.05, 3.63) is 23.8 Å². The molecule has 1 aromatic carbocycles. The molecular weight excluding hydrogens is 302 g/mol. The van der Waals surface area contributed by atoms with E-state index >= 15 is 0 Å². The summed E-state index contributed by atoms with van der Waals surface area (Å²) in [5, 5.41) is 2.79. The van der Waals surface area contributed by atoms with Crippen LogP contribution in [0.5, 0.6) is 5.75 Å². The van der Waals surface area contributed by atoms with Gasteiger partial charge in [-0.3, -0.25) is 4.79 Å². The van der Waals surface area contributed by atoms with Crippen LogP contribution >= 0.6 is 10.7 Å². The molecule has 1 aliphatic heterocycles. The van der Waals surface area contributed by atoms with Crippen LogP contribution in [0.15, 0.2) is 23.1 Å². The van der Waals surface area contributed by atoms with E-state index in [2.05, 4.69) is 5.32 Å². The van der Waals surface area contributed by atoms with Crippen LogP contribution in [0, 0.1) is 6.92 Å². The largest absolute Gasteiger partial charge is 0.480 e. The topological polar surface area (TPSA) is 72.5 Å². The first-order chi connectivity index (χ1) is 9.38. The van der Waals surface area contributed by atoms with Gasteiger partial charge in [0.25, 0.3) is 15.0 Å². The third-order valence-corrected chi connectivity index (χ3v) is 4.53. The van der Waals surface area contributed by atoms with Gasteiger partial charge >= 0.3 is 0 Å². The zero-order chi connectivity index (χ0) is 14.8. The molecule has 1 fully saturated rings. The number of benzene rings is 1. The number of aryl methyl sites for hydroxylation is 1. The summed E-state index contributed by atoms with van der Waals surface area (Å²) < 4.78 is 28.2.